The van der Waals surface area contributed by atoms with Crippen LogP contribution in [0, 0.1) is 11.3 Å². The molecule has 1 aromatic carbocycles. The molecule has 0 saturated carbocycles. The van der Waals surface area contributed by atoms with Gasteiger partial charge in [-0.3, -0.25) is 0 Å². The van der Waals surface area contributed by atoms with Crippen LogP contribution in [0.25, 0.3) is 0 Å². The summed E-state index contributed by atoms with van der Waals surface area (Å²) in [7, 11) is 1.92. The third-order valence-corrected chi connectivity index (χ3v) is 2.54. The minimum absolute atomic E-state index is 0.319. The quantitative estimate of drug-likeness (QED) is 0.822. The molecular formula is C13H13N5. The topological polar surface area (TPSA) is 78.8 Å². The van der Waals surface area contributed by atoms with Gasteiger partial charge in [0.25, 0.3) is 0 Å². The normalized spacial score (nSPS) is 9.78. The zero-order chi connectivity index (χ0) is 13.0. The molecule has 0 saturated heterocycles. The number of rotatable bonds is 3. The van der Waals surface area contributed by atoms with Gasteiger partial charge in [-0.15, -0.1) is 0 Å². The largest absolute Gasteiger partial charge is 0.399 e. The van der Waals surface area contributed by atoms with Crippen molar-refractivity contribution < 1.29 is 0 Å². The molecule has 0 amide bonds. The Bertz CT molecular complexity index is 553. The van der Waals surface area contributed by atoms with Gasteiger partial charge in [0, 0.05) is 19.3 Å². The molecule has 2 aromatic rings. The highest BCUT2D eigenvalue weighted by atomic mass is 15.2. The Hall–Kier alpha value is -2.61. The second-order valence-electron chi connectivity index (χ2n) is 3.97. The van der Waals surface area contributed by atoms with Crippen LogP contribution in [-0.2, 0) is 6.54 Å². The van der Waals surface area contributed by atoms with E-state index < -0.39 is 0 Å². The van der Waals surface area contributed by atoms with Gasteiger partial charge in [-0.2, -0.15) is 5.26 Å². The molecule has 0 aliphatic heterocycles. The van der Waals surface area contributed by atoms with Gasteiger partial charge >= 0.3 is 0 Å². The number of hydrogen-bond acceptors (Lipinski definition) is 5. The highest BCUT2D eigenvalue weighted by Gasteiger charge is 2.04. The van der Waals surface area contributed by atoms with Gasteiger partial charge < -0.3 is 10.6 Å². The van der Waals surface area contributed by atoms with Crippen molar-refractivity contribution in [2.24, 2.45) is 0 Å². The number of nitrogen functional groups attached to an aromatic ring is 1. The Kier molecular flexibility index (Phi) is 3.39. The molecule has 0 radical (unpaired) electrons. The maximum atomic E-state index is 8.65. The van der Waals surface area contributed by atoms with E-state index in [0.717, 1.165) is 17.1 Å². The zero-order valence-electron chi connectivity index (χ0n) is 10.0. The van der Waals surface area contributed by atoms with Crippen LogP contribution in [0.2, 0.25) is 0 Å². The SMILES string of the molecule is CN(Cc1ccc(N)cc1)c1cnc(C#N)cn1. The van der Waals surface area contributed by atoms with Gasteiger partial charge in [0.1, 0.15) is 11.9 Å². The Morgan fingerprint density at radius 2 is 1.94 bits per heavy atom. The van der Waals surface area contributed by atoms with Crippen LogP contribution in [0.15, 0.2) is 36.7 Å². The highest BCUT2D eigenvalue weighted by Crippen LogP contribution is 2.12. The van der Waals surface area contributed by atoms with E-state index in [0.29, 0.717) is 12.2 Å². The molecule has 0 spiro atoms. The van der Waals surface area contributed by atoms with Crippen molar-refractivity contribution in [3.05, 3.63) is 47.9 Å². The lowest BCUT2D eigenvalue weighted by atomic mass is 10.2. The summed E-state index contributed by atoms with van der Waals surface area (Å²) in [6.45, 7) is 0.709. The number of nitrogens with zero attached hydrogens (tertiary/aromatic N) is 4. The number of hydrogen-bond donors (Lipinski definition) is 1. The summed E-state index contributed by atoms with van der Waals surface area (Å²) in [5.41, 5.74) is 7.84. The van der Waals surface area contributed by atoms with E-state index in [4.69, 9.17) is 11.0 Å². The Labute approximate surface area is 106 Å². The van der Waals surface area contributed by atoms with Gasteiger partial charge in [-0.25, -0.2) is 9.97 Å². The fourth-order valence-corrected chi connectivity index (χ4v) is 1.55. The van der Waals surface area contributed by atoms with E-state index in [9.17, 15) is 0 Å². The monoisotopic (exact) mass is 239 g/mol. The molecule has 0 unspecified atom stereocenters. The summed E-state index contributed by atoms with van der Waals surface area (Å²) in [5, 5.41) is 8.65. The minimum Gasteiger partial charge on any atom is -0.399 e. The first kappa shape index (κ1) is 11.9. The standard InChI is InChI=1S/C13H13N5/c1-18(9-10-2-4-11(15)5-3-10)13-8-16-12(6-14)7-17-13/h2-5,7-8H,9,15H2,1H3. The fourth-order valence-electron chi connectivity index (χ4n) is 1.55. The van der Waals surface area contributed by atoms with Crippen molar-refractivity contribution >= 4 is 11.5 Å². The van der Waals surface area contributed by atoms with Gasteiger partial charge in [0.15, 0.2) is 5.69 Å². The van der Waals surface area contributed by atoms with Gasteiger partial charge in [0.05, 0.1) is 12.4 Å². The number of anilines is 2. The van der Waals surface area contributed by atoms with E-state index in [1.54, 1.807) is 6.20 Å². The van der Waals surface area contributed by atoms with Gasteiger partial charge in [0.2, 0.25) is 0 Å². The molecule has 90 valence electrons. The average Bonchev–Trinajstić information content (AvgIpc) is 2.41. The van der Waals surface area contributed by atoms with Crippen molar-refractivity contribution in [2.75, 3.05) is 17.7 Å². The Morgan fingerprint density at radius 3 is 2.50 bits per heavy atom. The summed E-state index contributed by atoms with van der Waals surface area (Å²) in [5.74, 6) is 0.728. The van der Waals surface area contributed by atoms with Crippen molar-refractivity contribution in [1.82, 2.24) is 9.97 Å². The summed E-state index contributed by atoms with van der Waals surface area (Å²) < 4.78 is 0. The third kappa shape index (κ3) is 2.74. The first-order valence-corrected chi connectivity index (χ1v) is 5.47. The van der Waals surface area contributed by atoms with Crippen molar-refractivity contribution in [3.63, 3.8) is 0 Å². The molecule has 0 bridgehead atoms. The van der Waals surface area contributed by atoms with Crippen LogP contribution < -0.4 is 10.6 Å². The van der Waals surface area contributed by atoms with Crippen LogP contribution in [0.4, 0.5) is 11.5 Å². The summed E-state index contributed by atoms with van der Waals surface area (Å²) in [6.07, 6.45) is 3.06. The summed E-state index contributed by atoms with van der Waals surface area (Å²) in [4.78, 5) is 10.1. The summed E-state index contributed by atoms with van der Waals surface area (Å²) in [6, 6.07) is 9.63. The third-order valence-electron chi connectivity index (χ3n) is 2.54. The molecule has 2 rings (SSSR count). The smallest absolute Gasteiger partial charge is 0.158 e. The van der Waals surface area contributed by atoms with E-state index in [1.165, 1.54) is 6.20 Å². The van der Waals surface area contributed by atoms with Crippen molar-refractivity contribution in [2.45, 2.75) is 6.54 Å². The Morgan fingerprint density at radius 1 is 1.22 bits per heavy atom. The molecule has 0 fully saturated rings. The molecule has 0 atom stereocenters. The average molecular weight is 239 g/mol. The van der Waals surface area contributed by atoms with Crippen molar-refractivity contribution in [1.29, 1.82) is 5.26 Å². The molecule has 5 heteroatoms. The first-order chi connectivity index (χ1) is 8.69. The number of nitriles is 1. The zero-order valence-corrected chi connectivity index (χ0v) is 10.0. The predicted octanol–water partition coefficient (Wildman–Crippen LogP) is 1.57. The molecule has 0 aliphatic carbocycles. The molecule has 0 aliphatic rings. The molecule has 2 N–H and O–H groups in total. The van der Waals surface area contributed by atoms with Crippen LogP contribution in [0.5, 0.6) is 0 Å². The maximum Gasteiger partial charge on any atom is 0.158 e. The molecule has 5 nitrogen and oxygen atoms in total. The van der Waals surface area contributed by atoms with Gasteiger partial charge in [-0.1, -0.05) is 12.1 Å². The van der Waals surface area contributed by atoms with Crippen molar-refractivity contribution in [3.8, 4) is 6.07 Å². The van der Waals surface area contributed by atoms with Crippen LogP contribution in [0.1, 0.15) is 11.3 Å². The van der Waals surface area contributed by atoms with E-state index in [-0.39, 0.29) is 0 Å². The van der Waals surface area contributed by atoms with Crippen LogP contribution in [-0.4, -0.2) is 17.0 Å². The highest BCUT2D eigenvalue weighted by molar-refractivity contribution is 5.42. The van der Waals surface area contributed by atoms with E-state index in [1.807, 2.05) is 42.3 Å². The number of aromatic nitrogens is 2. The fraction of sp³-hybridized carbons (Fsp3) is 0.154. The number of benzene rings is 1. The minimum atomic E-state index is 0.319. The second kappa shape index (κ2) is 5.15. The van der Waals surface area contributed by atoms with Crippen LogP contribution in [0.3, 0.4) is 0 Å². The number of nitrogens with two attached hydrogens (primary N) is 1. The van der Waals surface area contributed by atoms with E-state index >= 15 is 0 Å². The van der Waals surface area contributed by atoms with Crippen LogP contribution >= 0.6 is 0 Å². The lowest BCUT2D eigenvalue weighted by Gasteiger charge is -2.17. The molecule has 18 heavy (non-hydrogen) atoms. The predicted molar refractivity (Wildman–Crippen MR) is 69.7 cm³/mol. The second-order valence-corrected chi connectivity index (χ2v) is 3.97. The molecule has 1 heterocycles. The first-order valence-electron chi connectivity index (χ1n) is 5.47. The molecule has 1 aromatic heterocycles. The maximum absolute atomic E-state index is 8.65. The Balaban J connectivity index is 2.09. The lowest BCUT2D eigenvalue weighted by molar-refractivity contribution is 0.888. The van der Waals surface area contributed by atoms with E-state index in [2.05, 4.69) is 9.97 Å². The van der Waals surface area contributed by atoms with Gasteiger partial charge in [-0.05, 0) is 17.7 Å². The lowest BCUT2D eigenvalue weighted by Crippen LogP contribution is -2.17. The molecular weight excluding hydrogens is 226 g/mol. The summed E-state index contributed by atoms with van der Waals surface area (Å²) >= 11 is 0.